The van der Waals surface area contributed by atoms with E-state index >= 15 is 0 Å². The van der Waals surface area contributed by atoms with E-state index in [1.54, 1.807) is 30.3 Å². The molecular formula is C20H15N3O3. The summed E-state index contributed by atoms with van der Waals surface area (Å²) in [7, 11) is 0. The van der Waals surface area contributed by atoms with Gasteiger partial charge in [-0.15, -0.1) is 0 Å². The Balaban J connectivity index is 1.53. The van der Waals surface area contributed by atoms with Crippen molar-refractivity contribution in [1.29, 1.82) is 0 Å². The molecule has 0 aliphatic heterocycles. The van der Waals surface area contributed by atoms with E-state index in [9.17, 15) is 9.59 Å². The highest BCUT2D eigenvalue weighted by Gasteiger charge is 2.13. The minimum Gasteiger partial charge on any atom is -0.451 e. The van der Waals surface area contributed by atoms with Gasteiger partial charge < -0.3 is 9.73 Å². The zero-order valence-corrected chi connectivity index (χ0v) is 13.7. The van der Waals surface area contributed by atoms with Crippen molar-refractivity contribution in [3.05, 3.63) is 88.5 Å². The van der Waals surface area contributed by atoms with Crippen LogP contribution in [0, 0.1) is 0 Å². The Kier molecular flexibility index (Phi) is 4.07. The number of nitrogens with zero attached hydrogens (tertiary/aromatic N) is 1. The first kappa shape index (κ1) is 15.8. The van der Waals surface area contributed by atoms with Crippen molar-refractivity contribution in [1.82, 2.24) is 15.5 Å². The van der Waals surface area contributed by atoms with Crippen LogP contribution >= 0.6 is 0 Å². The SMILES string of the molecule is O=C(NCc1n[nH]c(=O)c2ccccc12)c1ccc(-c2ccccc2)o1. The van der Waals surface area contributed by atoms with Crippen molar-refractivity contribution in [3.63, 3.8) is 0 Å². The molecule has 6 heteroatoms. The van der Waals surface area contributed by atoms with E-state index < -0.39 is 0 Å². The maximum Gasteiger partial charge on any atom is 0.287 e. The molecule has 0 bridgehead atoms. The summed E-state index contributed by atoms with van der Waals surface area (Å²) in [5.74, 6) is 0.505. The number of hydrogen-bond donors (Lipinski definition) is 2. The molecule has 0 atom stereocenters. The van der Waals surface area contributed by atoms with E-state index in [2.05, 4.69) is 15.5 Å². The first-order valence-electron chi connectivity index (χ1n) is 8.12. The number of aromatic nitrogens is 2. The average molecular weight is 345 g/mol. The molecule has 0 saturated carbocycles. The number of H-pyrrole nitrogens is 1. The predicted molar refractivity (Wildman–Crippen MR) is 97.7 cm³/mol. The van der Waals surface area contributed by atoms with Crippen LogP contribution in [0.5, 0.6) is 0 Å². The van der Waals surface area contributed by atoms with Crippen LogP contribution in [0.4, 0.5) is 0 Å². The lowest BCUT2D eigenvalue weighted by Gasteiger charge is -2.06. The number of carbonyl (C=O) groups excluding carboxylic acids is 1. The zero-order valence-electron chi connectivity index (χ0n) is 13.7. The predicted octanol–water partition coefficient (Wildman–Crippen LogP) is 3.11. The lowest BCUT2D eigenvalue weighted by Crippen LogP contribution is -2.24. The number of furan rings is 1. The third-order valence-electron chi connectivity index (χ3n) is 4.08. The quantitative estimate of drug-likeness (QED) is 0.595. The maximum absolute atomic E-state index is 12.4. The van der Waals surface area contributed by atoms with Gasteiger partial charge in [0.1, 0.15) is 5.76 Å². The van der Waals surface area contributed by atoms with E-state index in [0.29, 0.717) is 22.2 Å². The molecule has 4 rings (SSSR count). The molecule has 1 amide bonds. The van der Waals surface area contributed by atoms with Gasteiger partial charge in [-0.3, -0.25) is 9.59 Å². The summed E-state index contributed by atoms with van der Waals surface area (Å²) in [6.45, 7) is 0.178. The van der Waals surface area contributed by atoms with Gasteiger partial charge in [-0.2, -0.15) is 5.10 Å². The number of hydrogen-bond acceptors (Lipinski definition) is 4. The number of rotatable bonds is 4. The molecular weight excluding hydrogens is 330 g/mol. The molecule has 0 fully saturated rings. The Morgan fingerprint density at radius 3 is 2.50 bits per heavy atom. The van der Waals surface area contributed by atoms with Crippen molar-refractivity contribution in [3.8, 4) is 11.3 Å². The highest BCUT2D eigenvalue weighted by molar-refractivity contribution is 5.92. The molecule has 0 saturated heterocycles. The minimum atomic E-state index is -0.343. The molecule has 4 aromatic rings. The highest BCUT2D eigenvalue weighted by atomic mass is 16.3. The summed E-state index contributed by atoms with van der Waals surface area (Å²) in [6, 6.07) is 20.1. The first-order chi connectivity index (χ1) is 12.7. The zero-order chi connectivity index (χ0) is 17.9. The normalized spacial score (nSPS) is 10.8. The van der Waals surface area contributed by atoms with Gasteiger partial charge in [0.2, 0.25) is 0 Å². The van der Waals surface area contributed by atoms with Crippen LogP contribution in [-0.4, -0.2) is 16.1 Å². The Morgan fingerprint density at radius 2 is 1.69 bits per heavy atom. The van der Waals surface area contributed by atoms with Crippen LogP contribution < -0.4 is 10.9 Å². The van der Waals surface area contributed by atoms with E-state index in [1.807, 2.05) is 36.4 Å². The molecule has 0 unspecified atom stereocenters. The largest absolute Gasteiger partial charge is 0.451 e. The smallest absolute Gasteiger partial charge is 0.287 e. The average Bonchev–Trinajstić information content (AvgIpc) is 3.19. The van der Waals surface area contributed by atoms with Crippen molar-refractivity contribution in [2.45, 2.75) is 6.54 Å². The molecule has 2 heterocycles. The molecule has 2 aromatic heterocycles. The number of amides is 1. The Hall–Kier alpha value is -3.67. The Morgan fingerprint density at radius 1 is 0.962 bits per heavy atom. The third-order valence-corrected chi connectivity index (χ3v) is 4.08. The van der Waals surface area contributed by atoms with Gasteiger partial charge >= 0.3 is 0 Å². The van der Waals surface area contributed by atoms with E-state index in [0.717, 1.165) is 5.56 Å². The number of fused-ring (bicyclic) bond motifs is 1. The van der Waals surface area contributed by atoms with E-state index in [1.165, 1.54) is 0 Å². The minimum absolute atomic E-state index is 0.178. The number of aromatic amines is 1. The van der Waals surface area contributed by atoms with Gasteiger partial charge in [-0.05, 0) is 18.2 Å². The number of benzene rings is 2. The van der Waals surface area contributed by atoms with Crippen molar-refractivity contribution >= 4 is 16.7 Å². The fourth-order valence-electron chi connectivity index (χ4n) is 2.77. The van der Waals surface area contributed by atoms with Crippen LogP contribution in [-0.2, 0) is 6.54 Å². The molecule has 0 aliphatic carbocycles. The first-order valence-corrected chi connectivity index (χ1v) is 8.12. The fourth-order valence-corrected chi connectivity index (χ4v) is 2.77. The second-order valence-corrected chi connectivity index (χ2v) is 5.76. The van der Waals surface area contributed by atoms with Crippen LogP contribution in [0.25, 0.3) is 22.1 Å². The van der Waals surface area contributed by atoms with E-state index in [4.69, 9.17) is 4.42 Å². The monoisotopic (exact) mass is 345 g/mol. The molecule has 128 valence electrons. The molecule has 0 spiro atoms. The molecule has 6 nitrogen and oxygen atoms in total. The van der Waals surface area contributed by atoms with Crippen molar-refractivity contribution in [2.75, 3.05) is 0 Å². The Labute approximate surface area is 148 Å². The highest BCUT2D eigenvalue weighted by Crippen LogP contribution is 2.21. The summed E-state index contributed by atoms with van der Waals surface area (Å²) in [4.78, 5) is 24.2. The molecule has 0 aliphatic rings. The maximum atomic E-state index is 12.4. The van der Waals surface area contributed by atoms with Crippen LogP contribution in [0.3, 0.4) is 0 Å². The van der Waals surface area contributed by atoms with Crippen LogP contribution in [0.2, 0.25) is 0 Å². The van der Waals surface area contributed by atoms with E-state index in [-0.39, 0.29) is 23.8 Å². The molecule has 2 N–H and O–H groups in total. The summed E-state index contributed by atoms with van der Waals surface area (Å²) in [5, 5.41) is 10.5. The van der Waals surface area contributed by atoms with Crippen LogP contribution in [0.1, 0.15) is 16.2 Å². The van der Waals surface area contributed by atoms with Crippen molar-refractivity contribution < 1.29 is 9.21 Å². The number of carbonyl (C=O) groups is 1. The third kappa shape index (κ3) is 3.00. The van der Waals surface area contributed by atoms with Gasteiger partial charge in [0.25, 0.3) is 11.5 Å². The standard InChI is InChI=1S/C20H15N3O3/c24-19-15-9-5-4-8-14(15)16(22-23-19)12-21-20(25)18-11-10-17(26-18)13-6-2-1-3-7-13/h1-11H,12H2,(H,21,25)(H,23,24). The van der Waals surface area contributed by atoms with Gasteiger partial charge in [0.05, 0.1) is 17.6 Å². The summed E-state index contributed by atoms with van der Waals surface area (Å²) in [5.41, 5.74) is 1.23. The lowest BCUT2D eigenvalue weighted by atomic mass is 10.1. The van der Waals surface area contributed by atoms with Crippen LogP contribution in [0.15, 0.2) is 75.9 Å². The Bertz CT molecular complexity index is 1130. The second-order valence-electron chi connectivity index (χ2n) is 5.76. The number of nitrogens with one attached hydrogen (secondary N) is 2. The van der Waals surface area contributed by atoms with Gasteiger partial charge in [0.15, 0.2) is 5.76 Å². The van der Waals surface area contributed by atoms with Gasteiger partial charge in [-0.1, -0.05) is 48.5 Å². The fraction of sp³-hybridized carbons (Fsp3) is 0.0500. The molecule has 2 aromatic carbocycles. The summed E-state index contributed by atoms with van der Waals surface area (Å²) < 4.78 is 5.64. The van der Waals surface area contributed by atoms with Gasteiger partial charge in [0, 0.05) is 10.9 Å². The topological polar surface area (TPSA) is 88.0 Å². The molecule has 0 radical (unpaired) electrons. The lowest BCUT2D eigenvalue weighted by molar-refractivity contribution is 0.0923. The van der Waals surface area contributed by atoms with Gasteiger partial charge in [-0.25, -0.2) is 5.10 Å². The molecule has 26 heavy (non-hydrogen) atoms. The summed E-state index contributed by atoms with van der Waals surface area (Å²) >= 11 is 0. The second kappa shape index (κ2) is 6.68. The summed E-state index contributed by atoms with van der Waals surface area (Å²) in [6.07, 6.45) is 0. The van der Waals surface area contributed by atoms with Crippen molar-refractivity contribution in [2.24, 2.45) is 0 Å².